The first-order valence-corrected chi connectivity index (χ1v) is 11.0. The number of carbonyl (C=O) groups excluding carboxylic acids is 2. The van der Waals surface area contributed by atoms with E-state index in [9.17, 15) is 14.7 Å². The van der Waals surface area contributed by atoms with Crippen LogP contribution in [0.4, 0.5) is 5.82 Å². The van der Waals surface area contributed by atoms with Gasteiger partial charge in [-0.3, -0.25) is 9.78 Å². The topological polar surface area (TPSA) is 109 Å². The smallest absolute Gasteiger partial charge is 0.359 e. The Morgan fingerprint density at radius 2 is 1.83 bits per heavy atom. The van der Waals surface area contributed by atoms with Crippen LogP contribution < -0.4 is 4.90 Å². The summed E-state index contributed by atoms with van der Waals surface area (Å²) in [4.78, 5) is 32.8. The molecule has 0 radical (unpaired) electrons. The molecule has 9 heteroatoms. The number of ether oxygens (including phenoxy) is 1. The van der Waals surface area contributed by atoms with Crippen LogP contribution in [0.2, 0.25) is 0 Å². The van der Waals surface area contributed by atoms with Gasteiger partial charge in [0.25, 0.3) is 5.91 Å². The van der Waals surface area contributed by atoms with Crippen LogP contribution in [0.15, 0.2) is 67.5 Å². The van der Waals surface area contributed by atoms with E-state index in [0.29, 0.717) is 48.7 Å². The Bertz CT molecular complexity index is 1290. The number of piperazine rings is 1. The third-order valence-electron chi connectivity index (χ3n) is 5.27. The summed E-state index contributed by atoms with van der Waals surface area (Å²) in [6.07, 6.45) is 4.61. The summed E-state index contributed by atoms with van der Waals surface area (Å²) < 4.78 is 4.96. The van der Waals surface area contributed by atoms with E-state index < -0.39 is 5.97 Å². The third-order valence-corrected chi connectivity index (χ3v) is 5.27. The van der Waals surface area contributed by atoms with Crippen LogP contribution in [-0.4, -0.2) is 69.9 Å². The van der Waals surface area contributed by atoms with E-state index in [1.807, 2.05) is 4.90 Å². The zero-order chi connectivity index (χ0) is 24.6. The van der Waals surface area contributed by atoms with Crippen LogP contribution in [0.1, 0.15) is 32.0 Å². The zero-order valence-electron chi connectivity index (χ0n) is 18.9. The van der Waals surface area contributed by atoms with Crippen molar-refractivity contribution in [3.05, 3.63) is 89.9 Å². The van der Waals surface area contributed by atoms with Gasteiger partial charge in [0, 0.05) is 49.7 Å². The van der Waals surface area contributed by atoms with E-state index in [0.717, 1.165) is 0 Å². The number of benzene rings is 1. The average Bonchev–Trinajstić information content (AvgIpc) is 2.90. The molecule has 1 N–H and O–H groups in total. The van der Waals surface area contributed by atoms with Gasteiger partial charge in [0.05, 0.1) is 5.56 Å². The second-order valence-electron chi connectivity index (χ2n) is 7.71. The number of carbonyl (C=O) groups is 2. The molecule has 4 rings (SSSR count). The number of phenolic OH excluding ortho intramolecular Hbond substituents is 1. The summed E-state index contributed by atoms with van der Waals surface area (Å²) in [5.74, 6) is 6.05. The monoisotopic (exact) mass is 469 g/mol. The minimum Gasteiger partial charge on any atom is -0.508 e. The SMILES string of the molecule is C=CCOC(=O)c1ccc(N2CCN(C(=O)c3cncc(C#Cc4cccc(O)c4)c3)CC2)nn1. The highest BCUT2D eigenvalue weighted by Crippen LogP contribution is 2.16. The molecule has 1 amide bonds. The standard InChI is InChI=1S/C26H23N5O4/c1-2-14-35-26(34)23-8-9-24(29-28-23)30-10-12-31(13-11-30)25(33)21-15-20(17-27-18-21)7-6-19-4-3-5-22(32)16-19/h2-5,8-9,15-18,32H,1,10-14H2. The Labute approximate surface area is 202 Å². The van der Waals surface area contributed by atoms with E-state index >= 15 is 0 Å². The van der Waals surface area contributed by atoms with Gasteiger partial charge in [0.15, 0.2) is 11.5 Å². The maximum Gasteiger partial charge on any atom is 0.359 e. The lowest BCUT2D eigenvalue weighted by Gasteiger charge is -2.35. The predicted octanol–water partition coefficient (Wildman–Crippen LogP) is 2.28. The van der Waals surface area contributed by atoms with Gasteiger partial charge in [-0.2, -0.15) is 0 Å². The molecule has 3 aromatic rings. The second-order valence-corrected chi connectivity index (χ2v) is 7.71. The number of phenols is 1. The molecule has 3 heterocycles. The van der Waals surface area contributed by atoms with E-state index in [2.05, 4.69) is 33.6 Å². The number of anilines is 1. The molecular weight excluding hydrogens is 446 g/mol. The normalized spacial score (nSPS) is 12.9. The lowest BCUT2D eigenvalue weighted by atomic mass is 10.1. The summed E-state index contributed by atoms with van der Waals surface area (Å²) in [6.45, 7) is 5.77. The van der Waals surface area contributed by atoms with E-state index in [4.69, 9.17) is 4.74 Å². The second kappa shape index (κ2) is 10.9. The van der Waals surface area contributed by atoms with Gasteiger partial charge in [0.2, 0.25) is 0 Å². The first-order valence-electron chi connectivity index (χ1n) is 11.0. The summed E-state index contributed by atoms with van der Waals surface area (Å²) in [7, 11) is 0. The van der Waals surface area contributed by atoms with Gasteiger partial charge < -0.3 is 19.6 Å². The average molecular weight is 470 g/mol. The molecular formula is C26H23N5O4. The molecule has 176 valence electrons. The number of aromatic hydroxyl groups is 1. The minimum atomic E-state index is -0.554. The van der Waals surface area contributed by atoms with Crippen molar-refractivity contribution in [2.75, 3.05) is 37.7 Å². The van der Waals surface area contributed by atoms with Crippen LogP contribution in [-0.2, 0) is 4.74 Å². The van der Waals surface area contributed by atoms with Gasteiger partial charge >= 0.3 is 5.97 Å². The fourth-order valence-corrected chi connectivity index (χ4v) is 3.49. The van der Waals surface area contributed by atoms with Crippen LogP contribution in [0.5, 0.6) is 5.75 Å². The summed E-state index contributed by atoms with van der Waals surface area (Å²) >= 11 is 0. The van der Waals surface area contributed by atoms with Crippen molar-refractivity contribution in [3.63, 3.8) is 0 Å². The minimum absolute atomic E-state index is 0.112. The van der Waals surface area contributed by atoms with Crippen molar-refractivity contribution >= 4 is 17.7 Å². The van der Waals surface area contributed by atoms with E-state index in [1.165, 1.54) is 12.3 Å². The maximum absolute atomic E-state index is 13.0. The molecule has 0 unspecified atom stereocenters. The highest BCUT2D eigenvalue weighted by molar-refractivity contribution is 5.94. The Kier molecular flexibility index (Phi) is 7.33. The molecule has 1 fully saturated rings. The van der Waals surface area contributed by atoms with Crippen LogP contribution in [0.3, 0.4) is 0 Å². The molecule has 0 saturated carbocycles. The summed E-state index contributed by atoms with van der Waals surface area (Å²) in [6, 6.07) is 11.7. The van der Waals surface area contributed by atoms with Crippen LogP contribution in [0.25, 0.3) is 0 Å². The van der Waals surface area contributed by atoms with Crippen molar-refractivity contribution < 1.29 is 19.4 Å². The van der Waals surface area contributed by atoms with Gasteiger partial charge in [0.1, 0.15) is 12.4 Å². The molecule has 0 atom stereocenters. The molecule has 0 spiro atoms. The van der Waals surface area contributed by atoms with Gasteiger partial charge in [-0.05, 0) is 36.4 Å². The number of esters is 1. The van der Waals surface area contributed by atoms with Gasteiger partial charge in [-0.1, -0.05) is 30.6 Å². The highest BCUT2D eigenvalue weighted by atomic mass is 16.5. The summed E-state index contributed by atoms with van der Waals surface area (Å²) in [5, 5.41) is 17.6. The lowest BCUT2D eigenvalue weighted by Crippen LogP contribution is -2.49. The lowest BCUT2D eigenvalue weighted by molar-refractivity contribution is 0.0541. The molecule has 0 bridgehead atoms. The van der Waals surface area contributed by atoms with Crippen molar-refractivity contribution in [2.45, 2.75) is 0 Å². The number of pyridine rings is 1. The number of amides is 1. The molecule has 35 heavy (non-hydrogen) atoms. The number of hydrogen-bond acceptors (Lipinski definition) is 8. The molecule has 0 aliphatic carbocycles. The molecule has 9 nitrogen and oxygen atoms in total. The Balaban J connectivity index is 1.36. The molecule has 1 saturated heterocycles. The Morgan fingerprint density at radius 3 is 2.54 bits per heavy atom. The fraction of sp³-hybridized carbons (Fsp3) is 0.192. The Morgan fingerprint density at radius 1 is 1.03 bits per heavy atom. The zero-order valence-corrected chi connectivity index (χ0v) is 18.9. The van der Waals surface area contributed by atoms with Crippen molar-refractivity contribution in [2.24, 2.45) is 0 Å². The van der Waals surface area contributed by atoms with Crippen LogP contribution in [0, 0.1) is 11.8 Å². The van der Waals surface area contributed by atoms with Crippen molar-refractivity contribution in [1.82, 2.24) is 20.1 Å². The number of aromatic nitrogens is 3. The van der Waals surface area contributed by atoms with Gasteiger partial charge in [-0.15, -0.1) is 10.2 Å². The quantitative estimate of drug-likeness (QED) is 0.344. The van der Waals surface area contributed by atoms with Crippen LogP contribution >= 0.6 is 0 Å². The van der Waals surface area contributed by atoms with E-state index in [-0.39, 0.29) is 24.0 Å². The molecule has 1 aromatic carbocycles. The Hall–Kier alpha value is -4.71. The first kappa shape index (κ1) is 23.4. The predicted molar refractivity (Wildman–Crippen MR) is 129 cm³/mol. The number of hydrogen-bond donors (Lipinski definition) is 1. The highest BCUT2D eigenvalue weighted by Gasteiger charge is 2.23. The molecule has 1 aliphatic heterocycles. The molecule has 1 aliphatic rings. The summed E-state index contributed by atoms with van der Waals surface area (Å²) in [5.41, 5.74) is 1.87. The number of nitrogens with zero attached hydrogens (tertiary/aromatic N) is 5. The van der Waals surface area contributed by atoms with Crippen molar-refractivity contribution in [1.29, 1.82) is 0 Å². The fourth-order valence-electron chi connectivity index (χ4n) is 3.49. The van der Waals surface area contributed by atoms with Crippen molar-refractivity contribution in [3.8, 4) is 17.6 Å². The van der Waals surface area contributed by atoms with Gasteiger partial charge in [-0.25, -0.2) is 4.79 Å². The number of rotatable bonds is 5. The van der Waals surface area contributed by atoms with E-state index in [1.54, 1.807) is 53.6 Å². The first-order chi connectivity index (χ1) is 17.0. The maximum atomic E-state index is 13.0. The molecule has 2 aromatic heterocycles. The largest absolute Gasteiger partial charge is 0.508 e. The third kappa shape index (κ3) is 6.00.